The van der Waals surface area contributed by atoms with E-state index in [4.69, 9.17) is 16.6 Å². The smallest absolute Gasteiger partial charge is 0.325 e. The minimum Gasteiger partial charge on any atom is -0.480 e. The molecule has 0 spiro atoms. The maximum Gasteiger partial charge on any atom is 0.325 e. The van der Waals surface area contributed by atoms with Gasteiger partial charge < -0.3 is 37.5 Å². The normalized spacial score (nSPS) is 13.5. The molecule has 3 atom stereocenters. The Morgan fingerprint density at radius 2 is 1.79 bits per heavy atom. The summed E-state index contributed by atoms with van der Waals surface area (Å²) in [4.78, 5) is 62.1. The SMILES string of the molecule is CC(NC(=O)C(Cc1c[nH]c2ccccc12)NC(=O)CNC(=O)C(N)CCC(N)=O)C(=O)O. The van der Waals surface area contributed by atoms with Crippen molar-refractivity contribution < 1.29 is 29.1 Å². The highest BCUT2D eigenvalue weighted by Crippen LogP contribution is 2.19. The van der Waals surface area contributed by atoms with Gasteiger partial charge in [-0.15, -0.1) is 0 Å². The molecular weight excluding hydrogens is 432 g/mol. The third-order valence-corrected chi connectivity index (χ3v) is 4.94. The fourth-order valence-electron chi connectivity index (χ4n) is 3.08. The molecule has 178 valence electrons. The summed E-state index contributed by atoms with van der Waals surface area (Å²) in [5.41, 5.74) is 12.3. The summed E-state index contributed by atoms with van der Waals surface area (Å²) in [6, 6.07) is 4.10. The van der Waals surface area contributed by atoms with E-state index in [1.807, 2.05) is 24.3 Å². The lowest BCUT2D eigenvalue weighted by molar-refractivity contribution is -0.141. The third-order valence-electron chi connectivity index (χ3n) is 4.94. The van der Waals surface area contributed by atoms with Gasteiger partial charge in [-0.25, -0.2) is 0 Å². The second kappa shape index (κ2) is 11.6. The fourth-order valence-corrected chi connectivity index (χ4v) is 3.08. The molecule has 0 radical (unpaired) electrons. The number of primary amides is 1. The summed E-state index contributed by atoms with van der Waals surface area (Å²) in [7, 11) is 0. The largest absolute Gasteiger partial charge is 0.480 e. The van der Waals surface area contributed by atoms with E-state index in [2.05, 4.69) is 20.9 Å². The molecular formula is C21H28N6O6. The summed E-state index contributed by atoms with van der Waals surface area (Å²) >= 11 is 0. The number of aromatic nitrogens is 1. The number of carbonyl (C=O) groups is 5. The maximum atomic E-state index is 12.7. The lowest BCUT2D eigenvalue weighted by Crippen LogP contribution is -2.54. The number of H-pyrrole nitrogens is 1. The number of amides is 4. The molecule has 4 amide bonds. The first kappa shape index (κ1) is 25.3. The van der Waals surface area contributed by atoms with Gasteiger partial charge >= 0.3 is 5.97 Å². The van der Waals surface area contributed by atoms with Crippen molar-refractivity contribution in [2.45, 2.75) is 44.3 Å². The van der Waals surface area contributed by atoms with Crippen LogP contribution in [0.3, 0.4) is 0 Å². The quantitative estimate of drug-likeness (QED) is 0.199. The van der Waals surface area contributed by atoms with Crippen LogP contribution in [0.5, 0.6) is 0 Å². The number of carbonyl (C=O) groups excluding carboxylic acids is 4. The summed E-state index contributed by atoms with van der Waals surface area (Å²) < 4.78 is 0. The van der Waals surface area contributed by atoms with Crippen LogP contribution in [0.1, 0.15) is 25.3 Å². The molecule has 0 saturated carbocycles. The lowest BCUT2D eigenvalue weighted by Gasteiger charge is -2.20. The predicted molar refractivity (Wildman–Crippen MR) is 119 cm³/mol. The van der Waals surface area contributed by atoms with E-state index in [9.17, 15) is 24.0 Å². The number of hydrogen-bond donors (Lipinski definition) is 7. The zero-order valence-electron chi connectivity index (χ0n) is 18.1. The first-order valence-electron chi connectivity index (χ1n) is 10.3. The molecule has 33 heavy (non-hydrogen) atoms. The van der Waals surface area contributed by atoms with Crippen molar-refractivity contribution in [3.05, 3.63) is 36.0 Å². The zero-order chi connectivity index (χ0) is 24.5. The van der Waals surface area contributed by atoms with Gasteiger partial charge in [0.2, 0.25) is 23.6 Å². The summed E-state index contributed by atoms with van der Waals surface area (Å²) in [6.45, 7) is 0.841. The molecule has 0 fully saturated rings. The number of nitrogens with two attached hydrogens (primary N) is 2. The average Bonchev–Trinajstić information content (AvgIpc) is 3.17. The second-order valence-corrected chi connectivity index (χ2v) is 7.58. The average molecular weight is 460 g/mol. The van der Waals surface area contributed by atoms with Crippen LogP contribution in [0, 0.1) is 0 Å². The standard InChI is InChI=1S/C21H28N6O6/c1-11(21(32)33)26-20(31)16(8-12-9-24-15-5-3-2-4-13(12)15)27-18(29)10-25-19(30)14(22)6-7-17(23)28/h2-5,9,11,14,16,24H,6-8,10,22H2,1H3,(H2,23,28)(H,25,30)(H,26,31)(H,27,29)(H,32,33). The molecule has 0 saturated heterocycles. The number of rotatable bonds is 12. The Labute approximate surface area is 189 Å². The molecule has 2 rings (SSSR count). The lowest BCUT2D eigenvalue weighted by atomic mass is 10.0. The number of para-hydroxylation sites is 1. The number of aliphatic carboxylic acids is 1. The molecule has 2 aromatic rings. The van der Waals surface area contributed by atoms with Crippen molar-refractivity contribution in [2.75, 3.05) is 6.54 Å². The Kier molecular flexibility index (Phi) is 8.92. The number of carboxylic acids is 1. The number of nitrogens with one attached hydrogen (secondary N) is 4. The van der Waals surface area contributed by atoms with E-state index >= 15 is 0 Å². The Bertz CT molecular complexity index is 1040. The Hall–Kier alpha value is -3.93. The van der Waals surface area contributed by atoms with Crippen LogP contribution < -0.4 is 27.4 Å². The second-order valence-electron chi connectivity index (χ2n) is 7.58. The van der Waals surface area contributed by atoms with Gasteiger partial charge in [0.15, 0.2) is 0 Å². The van der Waals surface area contributed by atoms with Crippen LogP contribution in [0.25, 0.3) is 10.9 Å². The van der Waals surface area contributed by atoms with Gasteiger partial charge in [-0.1, -0.05) is 18.2 Å². The number of carboxylic acid groups (broad SMARTS) is 1. The summed E-state index contributed by atoms with van der Waals surface area (Å²) in [6.07, 6.45) is 1.74. The first-order valence-corrected chi connectivity index (χ1v) is 10.3. The first-order chi connectivity index (χ1) is 15.6. The van der Waals surface area contributed by atoms with Gasteiger partial charge in [0.05, 0.1) is 12.6 Å². The van der Waals surface area contributed by atoms with Crippen LogP contribution in [0.4, 0.5) is 0 Å². The highest BCUT2D eigenvalue weighted by molar-refractivity contribution is 5.93. The van der Waals surface area contributed by atoms with Crippen molar-refractivity contribution >= 4 is 40.5 Å². The molecule has 1 aromatic heterocycles. The van der Waals surface area contributed by atoms with Crippen molar-refractivity contribution in [2.24, 2.45) is 11.5 Å². The van der Waals surface area contributed by atoms with Crippen molar-refractivity contribution in [3.8, 4) is 0 Å². The molecule has 1 heterocycles. The van der Waals surface area contributed by atoms with E-state index < -0.39 is 54.3 Å². The van der Waals surface area contributed by atoms with Gasteiger partial charge in [0.1, 0.15) is 12.1 Å². The van der Waals surface area contributed by atoms with Crippen molar-refractivity contribution in [3.63, 3.8) is 0 Å². The topological polar surface area (TPSA) is 210 Å². The highest BCUT2D eigenvalue weighted by atomic mass is 16.4. The summed E-state index contributed by atoms with van der Waals surface area (Å²) in [5.74, 6) is -3.83. The molecule has 3 unspecified atom stereocenters. The molecule has 0 aliphatic carbocycles. The molecule has 9 N–H and O–H groups in total. The van der Waals surface area contributed by atoms with E-state index in [0.717, 1.165) is 16.5 Å². The number of hydrogen-bond acceptors (Lipinski definition) is 6. The van der Waals surface area contributed by atoms with Gasteiger partial charge in [-0.3, -0.25) is 24.0 Å². The van der Waals surface area contributed by atoms with E-state index in [0.29, 0.717) is 0 Å². The molecule has 0 aliphatic rings. The Morgan fingerprint density at radius 3 is 2.45 bits per heavy atom. The number of aromatic amines is 1. The van der Waals surface area contributed by atoms with E-state index in [1.165, 1.54) is 6.92 Å². The van der Waals surface area contributed by atoms with Gasteiger partial charge in [0.25, 0.3) is 0 Å². The van der Waals surface area contributed by atoms with Crippen LogP contribution in [-0.4, -0.2) is 64.4 Å². The van der Waals surface area contributed by atoms with Crippen LogP contribution >= 0.6 is 0 Å². The van der Waals surface area contributed by atoms with Crippen LogP contribution in [0.15, 0.2) is 30.5 Å². The molecule has 12 nitrogen and oxygen atoms in total. The van der Waals surface area contributed by atoms with Gasteiger partial charge in [-0.05, 0) is 25.0 Å². The maximum absolute atomic E-state index is 12.7. The summed E-state index contributed by atoms with van der Waals surface area (Å²) in [5, 5.41) is 17.1. The number of benzene rings is 1. The molecule has 0 bridgehead atoms. The van der Waals surface area contributed by atoms with E-state index in [1.54, 1.807) is 6.20 Å². The minimum absolute atomic E-state index is 0.0292. The molecule has 1 aromatic carbocycles. The highest BCUT2D eigenvalue weighted by Gasteiger charge is 2.26. The fraction of sp³-hybridized carbons (Fsp3) is 0.381. The third kappa shape index (κ3) is 7.61. The van der Waals surface area contributed by atoms with Crippen LogP contribution in [-0.2, 0) is 30.4 Å². The Balaban J connectivity index is 2.05. The Morgan fingerprint density at radius 1 is 1.09 bits per heavy atom. The van der Waals surface area contributed by atoms with Crippen LogP contribution in [0.2, 0.25) is 0 Å². The van der Waals surface area contributed by atoms with E-state index in [-0.39, 0.29) is 19.3 Å². The molecule has 0 aliphatic heterocycles. The number of fused-ring (bicyclic) bond motifs is 1. The molecule has 12 heteroatoms. The predicted octanol–water partition coefficient (Wildman–Crippen LogP) is -1.51. The zero-order valence-corrected chi connectivity index (χ0v) is 18.1. The van der Waals surface area contributed by atoms with Gasteiger partial charge in [0, 0.05) is 29.9 Å². The van der Waals surface area contributed by atoms with Crippen molar-refractivity contribution in [1.82, 2.24) is 20.9 Å². The van der Waals surface area contributed by atoms with Gasteiger partial charge in [-0.2, -0.15) is 0 Å². The van der Waals surface area contributed by atoms with Crippen molar-refractivity contribution in [1.29, 1.82) is 0 Å². The monoisotopic (exact) mass is 460 g/mol. The minimum atomic E-state index is -1.22.